The number of rotatable bonds is 7. The number of nitrogens with zero attached hydrogens (tertiary/aromatic N) is 2. The number of H-pyrrole nitrogens is 1. The third-order valence-electron chi connectivity index (χ3n) is 6.13. The van der Waals surface area contributed by atoms with Crippen LogP contribution >= 0.6 is 0 Å². The number of fused-ring (bicyclic) bond motifs is 1. The first-order valence-electron chi connectivity index (χ1n) is 11.7. The molecule has 0 spiro atoms. The van der Waals surface area contributed by atoms with Gasteiger partial charge in [0.25, 0.3) is 5.91 Å². The lowest BCUT2D eigenvalue weighted by Gasteiger charge is -2.20. The molecule has 1 amide bonds. The highest BCUT2D eigenvalue weighted by Crippen LogP contribution is 2.35. The number of aromatic amines is 1. The lowest BCUT2D eigenvalue weighted by Crippen LogP contribution is -2.16. The molecule has 0 aliphatic heterocycles. The van der Waals surface area contributed by atoms with Crippen molar-refractivity contribution in [3.8, 4) is 5.75 Å². The Morgan fingerprint density at radius 1 is 0.944 bits per heavy atom. The fraction of sp³-hybridized carbons (Fsp3) is 0.138. The Hall–Kier alpha value is -4.65. The number of amides is 1. The zero-order valence-corrected chi connectivity index (χ0v) is 20.4. The van der Waals surface area contributed by atoms with E-state index in [1.54, 1.807) is 31.6 Å². The minimum atomic E-state index is -0.255. The zero-order chi connectivity index (χ0) is 25.1. The van der Waals surface area contributed by atoms with Gasteiger partial charge in [-0.25, -0.2) is 4.98 Å². The van der Waals surface area contributed by atoms with Crippen molar-refractivity contribution in [2.24, 2.45) is 0 Å². The highest BCUT2D eigenvalue weighted by Gasteiger charge is 2.23. The molecule has 0 aliphatic rings. The van der Waals surface area contributed by atoms with E-state index in [9.17, 15) is 4.79 Å². The van der Waals surface area contributed by atoms with Gasteiger partial charge in [0.1, 0.15) is 11.6 Å². The second-order valence-corrected chi connectivity index (χ2v) is 8.63. The Morgan fingerprint density at radius 3 is 2.56 bits per heavy atom. The fourth-order valence-corrected chi connectivity index (χ4v) is 4.43. The van der Waals surface area contributed by atoms with Crippen molar-refractivity contribution in [1.29, 1.82) is 0 Å². The summed E-state index contributed by atoms with van der Waals surface area (Å²) in [4.78, 5) is 25.7. The molecule has 7 nitrogen and oxygen atoms in total. The lowest BCUT2D eigenvalue weighted by molar-refractivity contribution is 0.102. The van der Waals surface area contributed by atoms with Crippen LogP contribution in [0.3, 0.4) is 0 Å². The monoisotopic (exact) mass is 477 g/mol. The summed E-state index contributed by atoms with van der Waals surface area (Å²) in [7, 11) is 1.56. The van der Waals surface area contributed by atoms with E-state index in [4.69, 9.17) is 4.74 Å². The molecule has 5 rings (SSSR count). The summed E-state index contributed by atoms with van der Waals surface area (Å²) in [5.74, 6) is 1.06. The number of anilines is 2. The average molecular weight is 478 g/mol. The molecule has 5 aromatic rings. The van der Waals surface area contributed by atoms with Crippen molar-refractivity contribution in [3.63, 3.8) is 0 Å². The van der Waals surface area contributed by atoms with Crippen LogP contribution in [0.25, 0.3) is 10.9 Å². The molecule has 0 saturated heterocycles. The second-order valence-electron chi connectivity index (χ2n) is 8.63. The molecule has 0 bridgehead atoms. The summed E-state index contributed by atoms with van der Waals surface area (Å²) in [6.07, 6.45) is 3.58. The lowest BCUT2D eigenvalue weighted by atomic mass is 9.99. The number of ether oxygens (including phenoxy) is 1. The van der Waals surface area contributed by atoms with Gasteiger partial charge in [0.2, 0.25) is 0 Å². The summed E-state index contributed by atoms with van der Waals surface area (Å²) in [5.41, 5.74) is 6.17. The zero-order valence-electron chi connectivity index (χ0n) is 20.4. The maximum absolute atomic E-state index is 13.0. The number of aromatic nitrogens is 3. The predicted molar refractivity (Wildman–Crippen MR) is 143 cm³/mol. The largest absolute Gasteiger partial charge is 0.496 e. The molecular formula is C29H27N5O2. The topological polar surface area (TPSA) is 91.9 Å². The Kier molecular flexibility index (Phi) is 6.36. The van der Waals surface area contributed by atoms with E-state index in [0.717, 1.165) is 39.2 Å². The van der Waals surface area contributed by atoms with Crippen molar-refractivity contribution in [1.82, 2.24) is 15.0 Å². The van der Waals surface area contributed by atoms with Crippen LogP contribution in [-0.4, -0.2) is 28.0 Å². The summed E-state index contributed by atoms with van der Waals surface area (Å²) < 4.78 is 5.36. The fourth-order valence-electron chi connectivity index (χ4n) is 4.43. The number of para-hydroxylation sites is 1. The normalized spacial score (nSPS) is 11.8. The number of benzene rings is 2. The van der Waals surface area contributed by atoms with Crippen LogP contribution in [0, 0.1) is 13.8 Å². The standard InChI is InChI=1S/C29H27N5O2/c1-18-13-15-31-26(16-18)34-28(24-9-6-7-14-30-24)27-19(2)32-23-12-11-20(17-22(23)27)33-29(35)21-8-4-5-10-25(21)36-3/h4-17,28,32H,1-3H3,(H,31,34)(H,33,35). The van der Waals surface area contributed by atoms with Gasteiger partial charge in [-0.05, 0) is 74.0 Å². The molecule has 3 heterocycles. The molecule has 0 aliphatic carbocycles. The Labute approximate surface area is 209 Å². The highest BCUT2D eigenvalue weighted by atomic mass is 16.5. The van der Waals surface area contributed by atoms with E-state index in [2.05, 4.69) is 25.6 Å². The number of carbonyl (C=O) groups excluding carboxylic acids is 1. The quantitative estimate of drug-likeness (QED) is 0.266. The number of aryl methyl sites for hydroxylation is 2. The van der Waals surface area contributed by atoms with E-state index in [0.29, 0.717) is 17.0 Å². The molecule has 1 unspecified atom stereocenters. The molecule has 0 saturated carbocycles. The minimum Gasteiger partial charge on any atom is -0.496 e. The van der Waals surface area contributed by atoms with Gasteiger partial charge in [0, 0.05) is 40.2 Å². The van der Waals surface area contributed by atoms with E-state index in [-0.39, 0.29) is 11.9 Å². The summed E-state index contributed by atoms with van der Waals surface area (Å²) >= 11 is 0. The number of hydrogen-bond donors (Lipinski definition) is 3. The number of pyridine rings is 2. The Bertz CT molecular complexity index is 1530. The van der Waals surface area contributed by atoms with E-state index in [1.807, 2.05) is 74.5 Å². The van der Waals surface area contributed by atoms with Crippen LogP contribution in [-0.2, 0) is 0 Å². The van der Waals surface area contributed by atoms with Gasteiger partial charge in [0.05, 0.1) is 24.4 Å². The first-order chi connectivity index (χ1) is 17.5. The number of methoxy groups -OCH3 is 1. The van der Waals surface area contributed by atoms with Gasteiger partial charge in [0.15, 0.2) is 0 Å². The minimum absolute atomic E-state index is 0.232. The smallest absolute Gasteiger partial charge is 0.259 e. The number of hydrogen-bond acceptors (Lipinski definition) is 5. The first-order valence-corrected chi connectivity index (χ1v) is 11.7. The van der Waals surface area contributed by atoms with Gasteiger partial charge >= 0.3 is 0 Å². The maximum Gasteiger partial charge on any atom is 0.259 e. The van der Waals surface area contributed by atoms with Crippen LogP contribution in [0.4, 0.5) is 11.5 Å². The molecule has 180 valence electrons. The van der Waals surface area contributed by atoms with E-state index in [1.165, 1.54) is 0 Å². The molecule has 7 heteroatoms. The SMILES string of the molecule is COc1ccccc1C(=O)Nc1ccc2[nH]c(C)c(C(Nc3cc(C)ccn3)c3ccccn3)c2c1. The summed E-state index contributed by atoms with van der Waals surface area (Å²) in [6.45, 7) is 4.08. The first kappa shape index (κ1) is 23.1. The third-order valence-corrected chi connectivity index (χ3v) is 6.13. The predicted octanol–water partition coefficient (Wildman–Crippen LogP) is 6.04. The summed E-state index contributed by atoms with van der Waals surface area (Å²) in [5, 5.41) is 7.58. The molecule has 0 radical (unpaired) electrons. The van der Waals surface area contributed by atoms with Gasteiger partial charge in [-0.1, -0.05) is 18.2 Å². The molecule has 36 heavy (non-hydrogen) atoms. The maximum atomic E-state index is 13.0. The van der Waals surface area contributed by atoms with Crippen LogP contribution in [0.2, 0.25) is 0 Å². The molecule has 1 atom stereocenters. The van der Waals surface area contributed by atoms with E-state index < -0.39 is 0 Å². The van der Waals surface area contributed by atoms with Crippen molar-refractivity contribution in [2.75, 3.05) is 17.7 Å². The van der Waals surface area contributed by atoms with Crippen molar-refractivity contribution in [3.05, 3.63) is 113 Å². The van der Waals surface area contributed by atoms with Crippen molar-refractivity contribution < 1.29 is 9.53 Å². The van der Waals surface area contributed by atoms with Crippen LogP contribution < -0.4 is 15.4 Å². The van der Waals surface area contributed by atoms with Gasteiger partial charge in [-0.2, -0.15) is 0 Å². The van der Waals surface area contributed by atoms with Gasteiger partial charge < -0.3 is 20.4 Å². The van der Waals surface area contributed by atoms with Crippen molar-refractivity contribution >= 4 is 28.3 Å². The van der Waals surface area contributed by atoms with Gasteiger partial charge in [-0.3, -0.25) is 9.78 Å². The van der Waals surface area contributed by atoms with Crippen LogP contribution in [0.5, 0.6) is 5.75 Å². The Morgan fingerprint density at radius 2 is 1.78 bits per heavy atom. The molecule has 3 N–H and O–H groups in total. The molecular weight excluding hydrogens is 450 g/mol. The highest BCUT2D eigenvalue weighted by molar-refractivity contribution is 6.07. The average Bonchev–Trinajstić information content (AvgIpc) is 3.22. The van der Waals surface area contributed by atoms with Crippen LogP contribution in [0.15, 0.2) is 85.2 Å². The van der Waals surface area contributed by atoms with Crippen LogP contribution in [0.1, 0.15) is 38.9 Å². The summed E-state index contributed by atoms with van der Waals surface area (Å²) in [6, 6.07) is 22.6. The molecule has 3 aromatic heterocycles. The number of nitrogens with one attached hydrogen (secondary N) is 3. The molecule has 2 aromatic carbocycles. The van der Waals surface area contributed by atoms with Gasteiger partial charge in [-0.15, -0.1) is 0 Å². The van der Waals surface area contributed by atoms with Crippen molar-refractivity contribution in [2.45, 2.75) is 19.9 Å². The number of carbonyl (C=O) groups is 1. The third kappa shape index (κ3) is 4.63. The van der Waals surface area contributed by atoms with E-state index >= 15 is 0 Å². The second kappa shape index (κ2) is 9.92. The Balaban J connectivity index is 1.56. The molecule has 0 fully saturated rings.